The van der Waals surface area contributed by atoms with Crippen molar-refractivity contribution in [1.82, 2.24) is 4.90 Å². The van der Waals surface area contributed by atoms with Gasteiger partial charge in [-0.25, -0.2) is 0 Å². The number of hydrogen-bond acceptors (Lipinski definition) is 3. The molecular formula is C23H32N2O3. The monoisotopic (exact) mass is 384 g/mol. The average molecular weight is 385 g/mol. The lowest BCUT2D eigenvalue weighted by Crippen LogP contribution is -2.34. The van der Waals surface area contributed by atoms with E-state index in [1.54, 1.807) is 0 Å². The van der Waals surface area contributed by atoms with Gasteiger partial charge in [-0.2, -0.15) is 0 Å². The van der Waals surface area contributed by atoms with Crippen LogP contribution in [0, 0.1) is 11.8 Å². The first kappa shape index (κ1) is 20.6. The van der Waals surface area contributed by atoms with Gasteiger partial charge >= 0.3 is 0 Å². The number of carbonyl (C=O) groups is 3. The lowest BCUT2D eigenvalue weighted by molar-refractivity contribution is -0.140. The molecule has 1 aliphatic heterocycles. The van der Waals surface area contributed by atoms with Crippen molar-refractivity contribution in [3.05, 3.63) is 29.3 Å². The summed E-state index contributed by atoms with van der Waals surface area (Å²) >= 11 is 0. The van der Waals surface area contributed by atoms with Crippen LogP contribution in [0.5, 0.6) is 0 Å². The summed E-state index contributed by atoms with van der Waals surface area (Å²) in [5, 5.41) is 3.07. The van der Waals surface area contributed by atoms with E-state index < -0.39 is 0 Å². The van der Waals surface area contributed by atoms with Crippen LogP contribution in [0.1, 0.15) is 82.8 Å². The van der Waals surface area contributed by atoms with Crippen LogP contribution in [-0.4, -0.2) is 29.2 Å². The highest BCUT2D eigenvalue weighted by molar-refractivity contribution is 6.05. The van der Waals surface area contributed by atoms with Crippen LogP contribution in [0.4, 0.5) is 5.69 Å². The van der Waals surface area contributed by atoms with Crippen LogP contribution in [0.2, 0.25) is 0 Å². The van der Waals surface area contributed by atoms with Crippen molar-refractivity contribution >= 4 is 23.4 Å². The van der Waals surface area contributed by atoms with Gasteiger partial charge in [0, 0.05) is 18.7 Å². The number of rotatable bonds is 6. The van der Waals surface area contributed by atoms with Gasteiger partial charge in [-0.3, -0.25) is 19.3 Å². The fourth-order valence-electron chi connectivity index (χ4n) is 4.56. The van der Waals surface area contributed by atoms with Crippen molar-refractivity contribution < 1.29 is 14.4 Å². The standard InChI is InChI=1S/C23H32N2O3/c1-14(2)16-10-7-11-17(15(3)4)21(16)24-20(26)12-13-25-22(27)18-8-5-6-9-19(18)23(25)28/h7,10-11,14-15,18-19H,5-6,8-9,12-13H2,1-4H3,(H,24,26). The van der Waals surface area contributed by atoms with Crippen molar-refractivity contribution in [3.63, 3.8) is 0 Å². The first-order valence-electron chi connectivity index (χ1n) is 10.6. The van der Waals surface area contributed by atoms with Crippen LogP contribution in [-0.2, 0) is 14.4 Å². The van der Waals surface area contributed by atoms with Crippen molar-refractivity contribution in [2.75, 3.05) is 11.9 Å². The molecule has 2 fully saturated rings. The molecule has 3 amide bonds. The normalized spacial score (nSPS) is 22.1. The molecule has 1 heterocycles. The number of carbonyl (C=O) groups excluding carboxylic acids is 3. The van der Waals surface area contributed by atoms with Crippen molar-refractivity contribution in [2.45, 2.75) is 71.6 Å². The molecule has 1 aromatic carbocycles. The molecule has 0 spiro atoms. The topological polar surface area (TPSA) is 66.5 Å². The Morgan fingerprint density at radius 3 is 1.96 bits per heavy atom. The smallest absolute Gasteiger partial charge is 0.233 e. The summed E-state index contributed by atoms with van der Waals surface area (Å²) < 4.78 is 0. The largest absolute Gasteiger partial charge is 0.326 e. The number of amides is 3. The quantitative estimate of drug-likeness (QED) is 0.738. The molecule has 2 unspecified atom stereocenters. The summed E-state index contributed by atoms with van der Waals surface area (Å²) in [5.74, 6) is -0.0267. The van der Waals surface area contributed by atoms with Gasteiger partial charge in [-0.05, 0) is 35.8 Å². The lowest BCUT2D eigenvalue weighted by Gasteiger charge is -2.21. The Morgan fingerprint density at radius 1 is 1.00 bits per heavy atom. The van der Waals surface area contributed by atoms with E-state index in [9.17, 15) is 14.4 Å². The summed E-state index contributed by atoms with van der Waals surface area (Å²) in [6.45, 7) is 8.62. The lowest BCUT2D eigenvalue weighted by atomic mass is 9.81. The fraction of sp³-hybridized carbons (Fsp3) is 0.609. The van der Waals surface area contributed by atoms with Crippen LogP contribution >= 0.6 is 0 Å². The highest BCUT2D eigenvalue weighted by Gasteiger charge is 2.47. The van der Waals surface area contributed by atoms with E-state index in [-0.39, 0.29) is 42.5 Å². The summed E-state index contributed by atoms with van der Waals surface area (Å²) in [5.41, 5.74) is 3.10. The number of hydrogen-bond donors (Lipinski definition) is 1. The molecule has 5 heteroatoms. The minimum atomic E-state index is -0.154. The van der Waals surface area contributed by atoms with Crippen LogP contribution < -0.4 is 5.32 Å². The molecule has 152 valence electrons. The van der Waals surface area contributed by atoms with Gasteiger partial charge < -0.3 is 5.32 Å². The van der Waals surface area contributed by atoms with Crippen LogP contribution in [0.25, 0.3) is 0 Å². The first-order chi connectivity index (χ1) is 13.3. The Bertz CT molecular complexity index is 719. The Morgan fingerprint density at radius 2 is 1.50 bits per heavy atom. The molecular weight excluding hydrogens is 352 g/mol. The third-order valence-electron chi connectivity index (χ3n) is 6.13. The number of nitrogens with one attached hydrogen (secondary N) is 1. The van der Waals surface area contributed by atoms with Gasteiger partial charge in [0.05, 0.1) is 11.8 Å². The molecule has 1 aliphatic carbocycles. The number of para-hydroxylation sites is 1. The molecule has 0 radical (unpaired) electrons. The first-order valence-corrected chi connectivity index (χ1v) is 10.6. The molecule has 5 nitrogen and oxygen atoms in total. The van der Waals surface area contributed by atoms with E-state index in [1.165, 1.54) is 4.90 Å². The van der Waals surface area contributed by atoms with Gasteiger partial charge in [0.25, 0.3) is 0 Å². The van der Waals surface area contributed by atoms with Crippen LogP contribution in [0.15, 0.2) is 18.2 Å². The highest BCUT2D eigenvalue weighted by Crippen LogP contribution is 2.38. The summed E-state index contributed by atoms with van der Waals surface area (Å²) in [6, 6.07) is 6.12. The maximum atomic E-state index is 12.7. The predicted octanol–water partition coefficient (Wildman–Crippen LogP) is 4.44. The van der Waals surface area contributed by atoms with E-state index in [4.69, 9.17) is 0 Å². The maximum Gasteiger partial charge on any atom is 0.233 e. The molecule has 1 saturated carbocycles. The molecule has 3 rings (SSSR count). The van der Waals surface area contributed by atoms with E-state index in [0.29, 0.717) is 11.8 Å². The molecule has 1 N–H and O–H groups in total. The van der Waals surface area contributed by atoms with Gasteiger partial charge in [0.15, 0.2) is 0 Å². The zero-order chi connectivity index (χ0) is 20.4. The van der Waals surface area contributed by atoms with E-state index in [2.05, 4.69) is 33.0 Å². The van der Waals surface area contributed by atoms with Gasteiger partial charge in [-0.1, -0.05) is 58.7 Å². The van der Waals surface area contributed by atoms with Gasteiger partial charge in [-0.15, -0.1) is 0 Å². The van der Waals surface area contributed by atoms with E-state index in [1.807, 2.05) is 18.2 Å². The second kappa shape index (κ2) is 8.46. The second-order valence-corrected chi connectivity index (χ2v) is 8.74. The number of fused-ring (bicyclic) bond motifs is 1. The van der Waals surface area contributed by atoms with Crippen molar-refractivity contribution in [2.24, 2.45) is 11.8 Å². The Balaban J connectivity index is 1.68. The molecule has 28 heavy (non-hydrogen) atoms. The maximum absolute atomic E-state index is 12.7. The zero-order valence-corrected chi connectivity index (χ0v) is 17.5. The predicted molar refractivity (Wildman–Crippen MR) is 110 cm³/mol. The fourth-order valence-corrected chi connectivity index (χ4v) is 4.56. The minimum Gasteiger partial charge on any atom is -0.326 e. The molecule has 2 atom stereocenters. The zero-order valence-electron chi connectivity index (χ0n) is 17.5. The molecule has 0 bridgehead atoms. The third kappa shape index (κ3) is 3.98. The molecule has 0 aromatic heterocycles. The number of imide groups is 1. The van der Waals surface area contributed by atoms with Gasteiger partial charge in [0.2, 0.25) is 17.7 Å². The SMILES string of the molecule is CC(C)c1cccc(C(C)C)c1NC(=O)CCN1C(=O)C2CCCCC2C1=O. The van der Waals surface area contributed by atoms with E-state index >= 15 is 0 Å². The second-order valence-electron chi connectivity index (χ2n) is 8.74. The van der Waals surface area contributed by atoms with E-state index in [0.717, 1.165) is 42.5 Å². The Kier molecular flexibility index (Phi) is 6.21. The van der Waals surface area contributed by atoms with Crippen LogP contribution in [0.3, 0.4) is 0 Å². The number of benzene rings is 1. The number of nitrogens with zero attached hydrogens (tertiary/aromatic N) is 1. The minimum absolute atomic E-state index is 0.0760. The molecule has 1 saturated heterocycles. The average Bonchev–Trinajstić information content (AvgIpc) is 2.90. The number of likely N-dealkylation sites (tertiary alicyclic amines) is 1. The highest BCUT2D eigenvalue weighted by atomic mass is 16.2. The molecule has 2 aliphatic rings. The van der Waals surface area contributed by atoms with Gasteiger partial charge in [0.1, 0.15) is 0 Å². The molecule has 1 aromatic rings. The van der Waals surface area contributed by atoms with Crippen molar-refractivity contribution in [3.8, 4) is 0 Å². The summed E-state index contributed by atoms with van der Waals surface area (Å²) in [6.07, 6.45) is 3.77. The van der Waals surface area contributed by atoms with Crippen molar-refractivity contribution in [1.29, 1.82) is 0 Å². The number of anilines is 1. The summed E-state index contributed by atoms with van der Waals surface area (Å²) in [4.78, 5) is 39.2. The Labute approximate surface area is 167 Å². The third-order valence-corrected chi connectivity index (χ3v) is 6.13. The Hall–Kier alpha value is -2.17. The summed E-state index contributed by atoms with van der Waals surface area (Å²) in [7, 11) is 0.